The van der Waals surface area contributed by atoms with Crippen LogP contribution in [0.15, 0.2) is 12.1 Å². The number of aliphatic hydroxyl groups excluding tert-OH is 1. The van der Waals surface area contributed by atoms with Gasteiger partial charge in [0.1, 0.15) is 4.88 Å². The van der Waals surface area contributed by atoms with E-state index in [0.717, 1.165) is 30.8 Å². The van der Waals surface area contributed by atoms with Gasteiger partial charge in [-0.15, -0.1) is 11.3 Å². The molecule has 0 spiro atoms. The predicted octanol–water partition coefficient (Wildman–Crippen LogP) is 0.587. The number of amides is 1. The molecular formula is C13H18N2O4S. The standard InChI is InChI=1S/C13H18N2O4S/c16-9-8-14-4-1-5-15(7-6-14)12(17)10-2-3-11(20-10)13(18)19/h2-3,16H,1,4-9H2,(H,18,19). The Hall–Kier alpha value is -1.44. The average Bonchev–Trinajstić information content (AvgIpc) is 2.80. The number of aromatic carboxylic acids is 1. The van der Waals surface area contributed by atoms with Gasteiger partial charge in [0.2, 0.25) is 0 Å². The minimum absolute atomic E-state index is 0.103. The lowest BCUT2D eigenvalue weighted by Crippen LogP contribution is -2.35. The van der Waals surface area contributed by atoms with Crippen molar-refractivity contribution >= 4 is 23.2 Å². The van der Waals surface area contributed by atoms with Crippen molar-refractivity contribution in [3.63, 3.8) is 0 Å². The Kier molecular flexibility index (Phi) is 5.11. The molecule has 1 fully saturated rings. The third kappa shape index (κ3) is 3.56. The monoisotopic (exact) mass is 298 g/mol. The van der Waals surface area contributed by atoms with Crippen molar-refractivity contribution in [2.45, 2.75) is 6.42 Å². The Balaban J connectivity index is 1.99. The number of β-amino-alcohol motifs (C(OH)–C–C–N with tert-alkyl or cyclic N) is 1. The number of thiophene rings is 1. The fourth-order valence-electron chi connectivity index (χ4n) is 2.26. The van der Waals surface area contributed by atoms with E-state index in [1.807, 2.05) is 0 Å². The molecule has 2 heterocycles. The molecule has 0 radical (unpaired) electrons. The van der Waals surface area contributed by atoms with E-state index >= 15 is 0 Å². The smallest absolute Gasteiger partial charge is 0.345 e. The molecule has 2 N–H and O–H groups in total. The summed E-state index contributed by atoms with van der Waals surface area (Å²) in [6.07, 6.45) is 0.864. The maximum Gasteiger partial charge on any atom is 0.345 e. The Labute approximate surface area is 121 Å². The van der Waals surface area contributed by atoms with Crippen LogP contribution in [-0.4, -0.2) is 71.2 Å². The highest BCUT2D eigenvalue weighted by atomic mass is 32.1. The number of hydrogen-bond acceptors (Lipinski definition) is 5. The first-order chi connectivity index (χ1) is 9.61. The molecule has 20 heavy (non-hydrogen) atoms. The molecule has 1 aliphatic heterocycles. The summed E-state index contributed by atoms with van der Waals surface area (Å²) in [5, 5.41) is 17.8. The summed E-state index contributed by atoms with van der Waals surface area (Å²) >= 11 is 1.02. The first-order valence-electron chi connectivity index (χ1n) is 6.57. The van der Waals surface area contributed by atoms with Crippen LogP contribution in [0.1, 0.15) is 25.8 Å². The number of rotatable bonds is 4. The summed E-state index contributed by atoms with van der Waals surface area (Å²) in [6, 6.07) is 3.04. The molecule has 0 aromatic carbocycles. The molecule has 110 valence electrons. The van der Waals surface area contributed by atoms with Crippen LogP contribution >= 0.6 is 11.3 Å². The van der Waals surface area contributed by atoms with E-state index in [4.69, 9.17) is 10.2 Å². The molecular weight excluding hydrogens is 280 g/mol. The average molecular weight is 298 g/mol. The first-order valence-corrected chi connectivity index (χ1v) is 7.39. The van der Waals surface area contributed by atoms with Gasteiger partial charge in [0.15, 0.2) is 0 Å². The van der Waals surface area contributed by atoms with Crippen LogP contribution in [0.2, 0.25) is 0 Å². The van der Waals surface area contributed by atoms with Crippen LogP contribution in [0.3, 0.4) is 0 Å². The highest BCUT2D eigenvalue weighted by Gasteiger charge is 2.22. The molecule has 0 aliphatic carbocycles. The lowest BCUT2D eigenvalue weighted by molar-refractivity contribution is 0.0701. The van der Waals surface area contributed by atoms with E-state index in [0.29, 0.717) is 24.5 Å². The maximum atomic E-state index is 12.3. The van der Waals surface area contributed by atoms with E-state index in [1.54, 1.807) is 11.0 Å². The molecule has 0 atom stereocenters. The molecule has 0 bridgehead atoms. The van der Waals surface area contributed by atoms with Crippen LogP contribution in [0, 0.1) is 0 Å². The third-order valence-corrected chi connectivity index (χ3v) is 4.38. The van der Waals surface area contributed by atoms with E-state index < -0.39 is 5.97 Å². The minimum atomic E-state index is -1.00. The van der Waals surface area contributed by atoms with Gasteiger partial charge in [-0.05, 0) is 25.1 Å². The molecule has 6 nitrogen and oxygen atoms in total. The summed E-state index contributed by atoms with van der Waals surface area (Å²) < 4.78 is 0. The molecule has 7 heteroatoms. The fourth-order valence-corrected chi connectivity index (χ4v) is 3.08. The van der Waals surface area contributed by atoms with Gasteiger partial charge < -0.3 is 15.1 Å². The minimum Gasteiger partial charge on any atom is -0.477 e. The van der Waals surface area contributed by atoms with Gasteiger partial charge in [0.05, 0.1) is 11.5 Å². The quantitative estimate of drug-likeness (QED) is 0.850. The second-order valence-electron chi connectivity index (χ2n) is 4.68. The molecule has 0 saturated carbocycles. The Bertz CT molecular complexity index is 488. The number of hydrogen-bond donors (Lipinski definition) is 2. The van der Waals surface area contributed by atoms with Gasteiger partial charge in [-0.2, -0.15) is 0 Å². The number of carboxylic acids is 1. The van der Waals surface area contributed by atoms with Crippen LogP contribution in [0.4, 0.5) is 0 Å². The normalized spacial score (nSPS) is 16.9. The number of carbonyl (C=O) groups is 2. The summed E-state index contributed by atoms with van der Waals surface area (Å²) in [7, 11) is 0. The van der Waals surface area contributed by atoms with E-state index in [-0.39, 0.29) is 17.4 Å². The van der Waals surface area contributed by atoms with Crippen molar-refractivity contribution in [3.05, 3.63) is 21.9 Å². The summed E-state index contributed by atoms with van der Waals surface area (Å²) in [5.41, 5.74) is 0. The number of nitrogens with zero attached hydrogens (tertiary/aromatic N) is 2. The maximum absolute atomic E-state index is 12.3. The number of carbonyl (C=O) groups excluding carboxylic acids is 1. The Morgan fingerprint density at radius 3 is 2.55 bits per heavy atom. The zero-order valence-corrected chi connectivity index (χ0v) is 11.9. The first kappa shape index (κ1) is 15.0. The summed E-state index contributed by atoms with van der Waals surface area (Å²) in [5.74, 6) is -1.10. The topological polar surface area (TPSA) is 81.1 Å². The Morgan fingerprint density at radius 1 is 1.15 bits per heavy atom. The zero-order valence-electron chi connectivity index (χ0n) is 11.1. The van der Waals surface area contributed by atoms with Gasteiger partial charge in [0, 0.05) is 26.2 Å². The zero-order chi connectivity index (χ0) is 14.5. The van der Waals surface area contributed by atoms with Gasteiger partial charge >= 0.3 is 5.97 Å². The highest BCUT2D eigenvalue weighted by Crippen LogP contribution is 2.19. The highest BCUT2D eigenvalue weighted by molar-refractivity contribution is 7.15. The van der Waals surface area contributed by atoms with Crippen LogP contribution in [0.25, 0.3) is 0 Å². The second kappa shape index (κ2) is 6.83. The van der Waals surface area contributed by atoms with Crippen molar-refractivity contribution in [3.8, 4) is 0 Å². The molecule has 0 unspecified atom stereocenters. The third-order valence-electron chi connectivity index (χ3n) is 3.32. The SMILES string of the molecule is O=C(O)c1ccc(C(=O)N2CCCN(CCO)CC2)s1. The molecule has 2 rings (SSSR count). The van der Waals surface area contributed by atoms with Crippen molar-refractivity contribution in [1.29, 1.82) is 0 Å². The van der Waals surface area contributed by atoms with Crippen LogP contribution < -0.4 is 0 Å². The lowest BCUT2D eigenvalue weighted by atomic mass is 10.3. The predicted molar refractivity (Wildman–Crippen MR) is 75.3 cm³/mol. The fraction of sp³-hybridized carbons (Fsp3) is 0.538. The van der Waals surface area contributed by atoms with E-state index in [1.165, 1.54) is 6.07 Å². The second-order valence-corrected chi connectivity index (χ2v) is 5.76. The largest absolute Gasteiger partial charge is 0.477 e. The van der Waals surface area contributed by atoms with Crippen LogP contribution in [0.5, 0.6) is 0 Å². The number of carboxylic acid groups (broad SMARTS) is 1. The van der Waals surface area contributed by atoms with Gasteiger partial charge in [-0.25, -0.2) is 4.79 Å². The van der Waals surface area contributed by atoms with Crippen molar-refractivity contribution in [2.24, 2.45) is 0 Å². The molecule has 1 amide bonds. The van der Waals surface area contributed by atoms with Gasteiger partial charge in [-0.3, -0.25) is 9.69 Å². The van der Waals surface area contributed by atoms with Crippen molar-refractivity contribution < 1.29 is 19.8 Å². The molecule has 1 aliphatic rings. The summed E-state index contributed by atoms with van der Waals surface area (Å²) in [4.78, 5) is 27.7. The van der Waals surface area contributed by atoms with Crippen LogP contribution in [-0.2, 0) is 0 Å². The lowest BCUT2D eigenvalue weighted by Gasteiger charge is -2.20. The number of aliphatic hydroxyl groups is 1. The van der Waals surface area contributed by atoms with Gasteiger partial charge in [-0.1, -0.05) is 0 Å². The van der Waals surface area contributed by atoms with E-state index in [9.17, 15) is 9.59 Å². The van der Waals surface area contributed by atoms with Crippen molar-refractivity contribution in [1.82, 2.24) is 9.80 Å². The Morgan fingerprint density at radius 2 is 1.90 bits per heavy atom. The van der Waals surface area contributed by atoms with E-state index in [2.05, 4.69) is 4.90 Å². The van der Waals surface area contributed by atoms with Crippen molar-refractivity contribution in [2.75, 3.05) is 39.3 Å². The summed E-state index contributed by atoms with van der Waals surface area (Å²) in [6.45, 7) is 3.64. The molecule has 1 aromatic rings. The molecule has 1 aromatic heterocycles. The van der Waals surface area contributed by atoms with Gasteiger partial charge in [0.25, 0.3) is 5.91 Å². The molecule has 1 saturated heterocycles.